The van der Waals surface area contributed by atoms with Crippen LogP contribution in [-0.4, -0.2) is 26.7 Å². The molecule has 0 amide bonds. The summed E-state index contributed by atoms with van der Waals surface area (Å²) in [7, 11) is 2.92. The van der Waals surface area contributed by atoms with Crippen molar-refractivity contribution in [2.24, 2.45) is 5.92 Å². The Bertz CT molecular complexity index is 435. The SMILES string of the molecule is COC(=O)C(NCC(C)C)c1ccc(OC)c(Cl)c1. The maximum atomic E-state index is 11.8. The Hall–Kier alpha value is -1.26. The van der Waals surface area contributed by atoms with E-state index in [1.807, 2.05) is 0 Å². The standard InChI is InChI=1S/C14H20ClNO3/c1-9(2)8-16-13(14(17)19-4)10-5-6-12(18-3)11(15)7-10/h5-7,9,13,16H,8H2,1-4H3. The van der Waals surface area contributed by atoms with E-state index in [9.17, 15) is 4.79 Å². The molecule has 0 fully saturated rings. The average Bonchev–Trinajstić information content (AvgIpc) is 2.38. The highest BCUT2D eigenvalue weighted by molar-refractivity contribution is 6.32. The van der Waals surface area contributed by atoms with Crippen molar-refractivity contribution in [1.29, 1.82) is 0 Å². The zero-order chi connectivity index (χ0) is 14.4. The molecule has 0 saturated heterocycles. The molecule has 1 aromatic carbocycles. The minimum absolute atomic E-state index is 0.332. The van der Waals surface area contributed by atoms with Crippen LogP contribution in [0.4, 0.5) is 0 Å². The number of ether oxygens (including phenoxy) is 2. The first-order valence-corrected chi connectivity index (χ1v) is 6.52. The second kappa shape index (κ2) is 7.36. The molecule has 19 heavy (non-hydrogen) atoms. The maximum Gasteiger partial charge on any atom is 0.327 e. The Morgan fingerprint density at radius 2 is 2.05 bits per heavy atom. The van der Waals surface area contributed by atoms with Crippen LogP contribution in [0.1, 0.15) is 25.5 Å². The zero-order valence-corrected chi connectivity index (χ0v) is 12.5. The summed E-state index contributed by atoms with van der Waals surface area (Å²) in [4.78, 5) is 11.8. The van der Waals surface area contributed by atoms with Gasteiger partial charge < -0.3 is 14.8 Å². The Kier molecular flexibility index (Phi) is 6.12. The van der Waals surface area contributed by atoms with Crippen LogP contribution in [0.5, 0.6) is 5.75 Å². The van der Waals surface area contributed by atoms with E-state index in [-0.39, 0.29) is 5.97 Å². The number of esters is 1. The quantitative estimate of drug-likeness (QED) is 0.817. The number of rotatable bonds is 6. The molecular formula is C14H20ClNO3. The van der Waals surface area contributed by atoms with Gasteiger partial charge in [0.05, 0.1) is 19.2 Å². The number of methoxy groups -OCH3 is 2. The van der Waals surface area contributed by atoms with Gasteiger partial charge in [-0.05, 0) is 30.2 Å². The van der Waals surface area contributed by atoms with E-state index < -0.39 is 6.04 Å². The molecule has 106 valence electrons. The van der Waals surface area contributed by atoms with Gasteiger partial charge in [-0.1, -0.05) is 31.5 Å². The molecule has 5 heteroatoms. The van der Waals surface area contributed by atoms with Crippen molar-refractivity contribution < 1.29 is 14.3 Å². The van der Waals surface area contributed by atoms with Crippen molar-refractivity contribution in [2.75, 3.05) is 20.8 Å². The third kappa shape index (κ3) is 4.40. The van der Waals surface area contributed by atoms with Crippen LogP contribution >= 0.6 is 11.6 Å². The first-order chi connectivity index (χ1) is 8.99. The summed E-state index contributed by atoms with van der Waals surface area (Å²) in [6, 6.07) is 4.75. The lowest BCUT2D eigenvalue weighted by Crippen LogP contribution is -2.32. The minimum Gasteiger partial charge on any atom is -0.495 e. The molecule has 1 unspecified atom stereocenters. The van der Waals surface area contributed by atoms with E-state index in [1.165, 1.54) is 7.11 Å². The minimum atomic E-state index is -0.518. The Labute approximate surface area is 119 Å². The lowest BCUT2D eigenvalue weighted by molar-refractivity contribution is -0.143. The van der Waals surface area contributed by atoms with E-state index in [0.29, 0.717) is 23.2 Å². The van der Waals surface area contributed by atoms with Gasteiger partial charge in [-0.15, -0.1) is 0 Å². The van der Waals surface area contributed by atoms with Crippen molar-refractivity contribution in [3.05, 3.63) is 28.8 Å². The zero-order valence-electron chi connectivity index (χ0n) is 11.7. The van der Waals surface area contributed by atoms with E-state index in [0.717, 1.165) is 5.56 Å². The fourth-order valence-corrected chi connectivity index (χ4v) is 1.94. The predicted octanol–water partition coefficient (Wildman–Crippen LogP) is 2.81. The number of benzene rings is 1. The molecule has 0 radical (unpaired) electrons. The van der Waals surface area contributed by atoms with Gasteiger partial charge in [0, 0.05) is 0 Å². The van der Waals surface area contributed by atoms with Crippen LogP contribution in [0.2, 0.25) is 5.02 Å². The van der Waals surface area contributed by atoms with Crippen molar-refractivity contribution in [3.8, 4) is 5.75 Å². The highest BCUT2D eigenvalue weighted by atomic mass is 35.5. The molecule has 0 saturated carbocycles. The number of hydrogen-bond donors (Lipinski definition) is 1. The lowest BCUT2D eigenvalue weighted by atomic mass is 10.1. The first-order valence-electron chi connectivity index (χ1n) is 6.14. The Morgan fingerprint density at radius 3 is 2.53 bits per heavy atom. The summed E-state index contributed by atoms with van der Waals surface area (Å²) < 4.78 is 9.92. The topological polar surface area (TPSA) is 47.6 Å². The van der Waals surface area contributed by atoms with Crippen molar-refractivity contribution in [2.45, 2.75) is 19.9 Å². The number of hydrogen-bond acceptors (Lipinski definition) is 4. The third-order valence-corrected chi connectivity index (χ3v) is 2.97. The van der Waals surface area contributed by atoms with Crippen LogP contribution < -0.4 is 10.1 Å². The van der Waals surface area contributed by atoms with E-state index >= 15 is 0 Å². The second-order valence-electron chi connectivity index (χ2n) is 4.65. The predicted molar refractivity (Wildman–Crippen MR) is 75.6 cm³/mol. The Balaban J connectivity index is 2.96. The third-order valence-electron chi connectivity index (χ3n) is 2.68. The molecule has 1 N–H and O–H groups in total. The van der Waals surface area contributed by atoms with Crippen LogP contribution in [0.15, 0.2) is 18.2 Å². The summed E-state index contributed by atoms with van der Waals surface area (Å²) in [5.41, 5.74) is 0.762. The molecule has 1 atom stereocenters. The number of nitrogens with one attached hydrogen (secondary N) is 1. The number of halogens is 1. The molecule has 1 rings (SSSR count). The molecule has 0 bridgehead atoms. The van der Waals surface area contributed by atoms with Gasteiger partial charge in [0.1, 0.15) is 11.8 Å². The Morgan fingerprint density at radius 1 is 1.37 bits per heavy atom. The normalized spacial score (nSPS) is 12.3. The van der Waals surface area contributed by atoms with Crippen molar-refractivity contribution in [1.82, 2.24) is 5.32 Å². The molecular weight excluding hydrogens is 266 g/mol. The van der Waals surface area contributed by atoms with E-state index in [2.05, 4.69) is 19.2 Å². The highest BCUT2D eigenvalue weighted by Gasteiger charge is 2.22. The number of carbonyl (C=O) groups is 1. The molecule has 0 heterocycles. The van der Waals surface area contributed by atoms with Gasteiger partial charge in [-0.25, -0.2) is 4.79 Å². The molecule has 0 spiro atoms. The molecule has 0 aliphatic rings. The first kappa shape index (κ1) is 15.8. The van der Waals surface area contributed by atoms with Gasteiger partial charge in [-0.3, -0.25) is 0 Å². The monoisotopic (exact) mass is 285 g/mol. The smallest absolute Gasteiger partial charge is 0.327 e. The largest absolute Gasteiger partial charge is 0.495 e. The summed E-state index contributed by atoms with van der Waals surface area (Å²) in [6.07, 6.45) is 0. The number of carbonyl (C=O) groups excluding carboxylic acids is 1. The molecule has 4 nitrogen and oxygen atoms in total. The van der Waals surface area contributed by atoms with Gasteiger partial charge >= 0.3 is 5.97 Å². The van der Waals surface area contributed by atoms with E-state index in [4.69, 9.17) is 21.1 Å². The summed E-state index contributed by atoms with van der Waals surface area (Å²) in [5.74, 6) is 0.681. The fourth-order valence-electron chi connectivity index (χ4n) is 1.67. The van der Waals surface area contributed by atoms with Gasteiger partial charge in [0.25, 0.3) is 0 Å². The second-order valence-corrected chi connectivity index (χ2v) is 5.06. The molecule has 0 aliphatic carbocycles. The maximum absolute atomic E-state index is 11.8. The van der Waals surface area contributed by atoms with Crippen LogP contribution in [0.25, 0.3) is 0 Å². The van der Waals surface area contributed by atoms with Gasteiger partial charge in [0.15, 0.2) is 0 Å². The summed E-state index contributed by atoms with van der Waals surface area (Å²) >= 11 is 6.08. The van der Waals surface area contributed by atoms with Crippen molar-refractivity contribution >= 4 is 17.6 Å². The average molecular weight is 286 g/mol. The van der Waals surface area contributed by atoms with Crippen LogP contribution in [0, 0.1) is 5.92 Å². The van der Waals surface area contributed by atoms with Gasteiger partial charge in [-0.2, -0.15) is 0 Å². The lowest BCUT2D eigenvalue weighted by Gasteiger charge is -2.19. The highest BCUT2D eigenvalue weighted by Crippen LogP contribution is 2.28. The van der Waals surface area contributed by atoms with Crippen LogP contribution in [-0.2, 0) is 9.53 Å². The van der Waals surface area contributed by atoms with Crippen molar-refractivity contribution in [3.63, 3.8) is 0 Å². The molecule has 0 aliphatic heterocycles. The van der Waals surface area contributed by atoms with Crippen LogP contribution in [0.3, 0.4) is 0 Å². The molecule has 0 aromatic heterocycles. The van der Waals surface area contributed by atoms with E-state index in [1.54, 1.807) is 25.3 Å². The molecule has 1 aromatic rings. The van der Waals surface area contributed by atoms with Gasteiger partial charge in [0.2, 0.25) is 0 Å². The fraction of sp³-hybridized carbons (Fsp3) is 0.500. The summed E-state index contributed by atoms with van der Waals surface area (Å²) in [5, 5.41) is 3.65. The summed E-state index contributed by atoms with van der Waals surface area (Å²) in [6.45, 7) is 4.86.